The Bertz CT molecular complexity index is 326. The quantitative estimate of drug-likeness (QED) is 0.666. The molecule has 1 aromatic heterocycles. The Labute approximate surface area is 78.3 Å². The van der Waals surface area contributed by atoms with Gasteiger partial charge >= 0.3 is 6.09 Å². The van der Waals surface area contributed by atoms with Gasteiger partial charge in [-0.05, 0) is 39.3 Å². The summed E-state index contributed by atoms with van der Waals surface area (Å²) in [5, 5.41) is 0. The predicted molar refractivity (Wildman–Crippen MR) is 51.1 cm³/mol. The molecule has 0 radical (unpaired) electrons. The third kappa shape index (κ3) is 1.74. The molecule has 1 aromatic rings. The van der Waals surface area contributed by atoms with E-state index in [0.717, 1.165) is 17.0 Å². The molecule has 0 aliphatic heterocycles. The highest BCUT2D eigenvalue weighted by atomic mass is 16.5. The lowest BCUT2D eigenvalue weighted by atomic mass is 10.3. The van der Waals surface area contributed by atoms with Crippen LogP contribution in [0.2, 0.25) is 0 Å². The van der Waals surface area contributed by atoms with Crippen molar-refractivity contribution in [3.8, 4) is 0 Å². The van der Waals surface area contributed by atoms with Crippen molar-refractivity contribution in [2.45, 2.75) is 27.7 Å². The molecule has 0 saturated heterocycles. The summed E-state index contributed by atoms with van der Waals surface area (Å²) < 4.78 is 6.52. The molecule has 3 heteroatoms. The van der Waals surface area contributed by atoms with Gasteiger partial charge < -0.3 is 4.74 Å². The fourth-order valence-electron chi connectivity index (χ4n) is 1.39. The first-order valence-corrected chi connectivity index (χ1v) is 4.40. The zero-order valence-electron chi connectivity index (χ0n) is 8.55. The van der Waals surface area contributed by atoms with Gasteiger partial charge in [0.25, 0.3) is 0 Å². The lowest BCUT2D eigenvalue weighted by molar-refractivity contribution is 0.153. The first kappa shape index (κ1) is 9.84. The molecule has 0 atom stereocenters. The van der Waals surface area contributed by atoms with Crippen molar-refractivity contribution < 1.29 is 9.53 Å². The number of carbonyl (C=O) groups is 1. The van der Waals surface area contributed by atoms with Crippen LogP contribution in [-0.2, 0) is 4.74 Å². The smallest absolute Gasteiger partial charge is 0.418 e. The number of aryl methyl sites for hydroxylation is 2. The van der Waals surface area contributed by atoms with Gasteiger partial charge in [0, 0.05) is 11.4 Å². The summed E-state index contributed by atoms with van der Waals surface area (Å²) in [6, 6.07) is 1.98. The van der Waals surface area contributed by atoms with Gasteiger partial charge in [-0.25, -0.2) is 4.79 Å². The van der Waals surface area contributed by atoms with E-state index in [1.165, 1.54) is 0 Å². The lowest BCUT2D eigenvalue weighted by Gasteiger charge is -2.06. The number of hydrogen-bond acceptors (Lipinski definition) is 2. The van der Waals surface area contributed by atoms with Crippen molar-refractivity contribution in [3.05, 3.63) is 23.0 Å². The number of aromatic nitrogens is 1. The maximum atomic E-state index is 11.4. The Hall–Kier alpha value is -1.25. The van der Waals surface area contributed by atoms with E-state index in [-0.39, 0.29) is 6.09 Å². The minimum Gasteiger partial charge on any atom is -0.449 e. The normalized spacial score (nSPS) is 10.2. The van der Waals surface area contributed by atoms with Gasteiger partial charge in [0.15, 0.2) is 0 Å². The standard InChI is InChI=1S/C10H15NO2/c1-5-13-10(12)11-8(3)6-7(2)9(11)4/h6H,5H2,1-4H3. The summed E-state index contributed by atoms with van der Waals surface area (Å²) in [4.78, 5) is 11.4. The zero-order chi connectivity index (χ0) is 10.0. The highest BCUT2D eigenvalue weighted by molar-refractivity contribution is 5.73. The second-order valence-corrected chi connectivity index (χ2v) is 3.09. The Morgan fingerprint density at radius 2 is 2.08 bits per heavy atom. The van der Waals surface area contributed by atoms with Crippen LogP contribution in [0, 0.1) is 20.8 Å². The second-order valence-electron chi connectivity index (χ2n) is 3.09. The molecule has 0 spiro atoms. The predicted octanol–water partition coefficient (Wildman–Crippen LogP) is 2.42. The second kappa shape index (κ2) is 3.64. The zero-order valence-corrected chi connectivity index (χ0v) is 8.55. The highest BCUT2D eigenvalue weighted by Crippen LogP contribution is 2.13. The molecule has 3 nitrogen and oxygen atoms in total. The Kier molecular flexibility index (Phi) is 2.76. The Morgan fingerprint density at radius 1 is 1.46 bits per heavy atom. The number of nitrogens with zero attached hydrogens (tertiary/aromatic N) is 1. The van der Waals surface area contributed by atoms with Gasteiger partial charge in [0.05, 0.1) is 6.61 Å². The molecule has 1 rings (SSSR count). The van der Waals surface area contributed by atoms with Gasteiger partial charge in [-0.15, -0.1) is 0 Å². The molecule has 72 valence electrons. The van der Waals surface area contributed by atoms with E-state index in [1.54, 1.807) is 11.5 Å². The maximum absolute atomic E-state index is 11.4. The molecule has 0 aliphatic carbocycles. The molecule has 0 unspecified atom stereocenters. The average molecular weight is 181 g/mol. The van der Waals surface area contributed by atoms with Gasteiger partial charge in [-0.2, -0.15) is 0 Å². The van der Waals surface area contributed by atoms with Crippen molar-refractivity contribution in [1.29, 1.82) is 0 Å². The largest absolute Gasteiger partial charge is 0.449 e. The van der Waals surface area contributed by atoms with Crippen molar-refractivity contribution in [1.82, 2.24) is 4.57 Å². The van der Waals surface area contributed by atoms with E-state index in [1.807, 2.05) is 26.8 Å². The van der Waals surface area contributed by atoms with Crippen molar-refractivity contribution in [2.75, 3.05) is 6.61 Å². The molecule has 0 saturated carbocycles. The molecule has 0 fully saturated rings. The molecular weight excluding hydrogens is 166 g/mol. The van der Waals surface area contributed by atoms with Crippen LogP contribution >= 0.6 is 0 Å². The summed E-state index contributed by atoms with van der Waals surface area (Å²) in [5.74, 6) is 0. The van der Waals surface area contributed by atoms with Crippen LogP contribution < -0.4 is 0 Å². The molecule has 0 aliphatic rings. The number of hydrogen-bond donors (Lipinski definition) is 0. The van der Waals surface area contributed by atoms with Gasteiger partial charge in [-0.1, -0.05) is 0 Å². The molecule has 0 aromatic carbocycles. The van der Waals surface area contributed by atoms with E-state index < -0.39 is 0 Å². The van der Waals surface area contributed by atoms with Crippen LogP contribution in [0.25, 0.3) is 0 Å². The number of rotatable bonds is 1. The van der Waals surface area contributed by atoms with E-state index in [0.29, 0.717) is 6.61 Å². The monoisotopic (exact) mass is 181 g/mol. The van der Waals surface area contributed by atoms with Crippen LogP contribution in [0.1, 0.15) is 23.9 Å². The van der Waals surface area contributed by atoms with Crippen molar-refractivity contribution in [3.63, 3.8) is 0 Å². The molecule has 13 heavy (non-hydrogen) atoms. The molecule has 0 amide bonds. The fourth-order valence-corrected chi connectivity index (χ4v) is 1.39. The summed E-state index contributed by atoms with van der Waals surface area (Å²) in [7, 11) is 0. The summed E-state index contributed by atoms with van der Waals surface area (Å²) >= 11 is 0. The SMILES string of the molecule is CCOC(=O)n1c(C)cc(C)c1C. The molecular formula is C10H15NO2. The van der Waals surface area contributed by atoms with E-state index in [4.69, 9.17) is 4.74 Å². The minimum absolute atomic E-state index is 0.286. The first-order chi connectivity index (χ1) is 6.07. The third-order valence-corrected chi connectivity index (χ3v) is 2.13. The topological polar surface area (TPSA) is 31.2 Å². The fraction of sp³-hybridized carbons (Fsp3) is 0.500. The first-order valence-electron chi connectivity index (χ1n) is 4.40. The number of carbonyl (C=O) groups excluding carboxylic acids is 1. The van der Waals surface area contributed by atoms with Crippen LogP contribution in [-0.4, -0.2) is 17.3 Å². The third-order valence-electron chi connectivity index (χ3n) is 2.13. The molecule has 1 heterocycles. The van der Waals surface area contributed by atoms with Crippen molar-refractivity contribution in [2.24, 2.45) is 0 Å². The van der Waals surface area contributed by atoms with E-state index in [2.05, 4.69) is 0 Å². The molecule has 0 N–H and O–H groups in total. The van der Waals surface area contributed by atoms with Crippen LogP contribution in [0.15, 0.2) is 6.07 Å². The molecule has 0 bridgehead atoms. The van der Waals surface area contributed by atoms with E-state index in [9.17, 15) is 4.79 Å². The Balaban J connectivity index is 3.06. The average Bonchev–Trinajstić information content (AvgIpc) is 2.27. The van der Waals surface area contributed by atoms with Gasteiger partial charge in [0.2, 0.25) is 0 Å². The summed E-state index contributed by atoms with van der Waals surface area (Å²) in [6.07, 6.45) is -0.286. The van der Waals surface area contributed by atoms with Crippen LogP contribution in [0.5, 0.6) is 0 Å². The summed E-state index contributed by atoms with van der Waals surface area (Å²) in [6.45, 7) is 8.02. The minimum atomic E-state index is -0.286. The van der Waals surface area contributed by atoms with Gasteiger partial charge in [0.1, 0.15) is 0 Å². The number of ether oxygens (including phenoxy) is 1. The van der Waals surface area contributed by atoms with E-state index >= 15 is 0 Å². The summed E-state index contributed by atoms with van der Waals surface area (Å²) in [5.41, 5.74) is 3.00. The van der Waals surface area contributed by atoms with Crippen LogP contribution in [0.3, 0.4) is 0 Å². The highest BCUT2D eigenvalue weighted by Gasteiger charge is 2.12. The van der Waals surface area contributed by atoms with Crippen molar-refractivity contribution >= 4 is 6.09 Å². The Morgan fingerprint density at radius 3 is 2.46 bits per heavy atom. The van der Waals surface area contributed by atoms with Crippen LogP contribution in [0.4, 0.5) is 4.79 Å². The van der Waals surface area contributed by atoms with Gasteiger partial charge in [-0.3, -0.25) is 4.57 Å². The lowest BCUT2D eigenvalue weighted by Crippen LogP contribution is -2.16. The maximum Gasteiger partial charge on any atom is 0.418 e.